The van der Waals surface area contributed by atoms with Crippen molar-refractivity contribution in [1.29, 1.82) is 0 Å². The standard InChI is InChI=1S/C14H11ClFNO/c1-9-6-12(3-4-13(9)16)17-8-10-7-11(15)2-5-14(10)18/h2-8,18H,1H3. The third-order valence-electron chi connectivity index (χ3n) is 2.48. The van der Waals surface area contributed by atoms with Gasteiger partial charge in [-0.2, -0.15) is 0 Å². The normalized spacial score (nSPS) is 11.1. The molecule has 2 aromatic carbocycles. The minimum Gasteiger partial charge on any atom is -0.507 e. The Morgan fingerprint density at radius 2 is 2.00 bits per heavy atom. The Morgan fingerprint density at radius 3 is 2.72 bits per heavy atom. The summed E-state index contributed by atoms with van der Waals surface area (Å²) in [4.78, 5) is 4.17. The van der Waals surface area contributed by atoms with E-state index in [1.807, 2.05) is 0 Å². The molecule has 0 saturated carbocycles. The molecule has 18 heavy (non-hydrogen) atoms. The molecule has 0 fully saturated rings. The summed E-state index contributed by atoms with van der Waals surface area (Å²) in [5.41, 5.74) is 1.66. The Labute approximate surface area is 109 Å². The molecule has 1 N–H and O–H groups in total. The third kappa shape index (κ3) is 2.87. The maximum Gasteiger partial charge on any atom is 0.126 e. The fourth-order valence-corrected chi connectivity index (χ4v) is 1.66. The lowest BCUT2D eigenvalue weighted by molar-refractivity contribution is 0.474. The lowest BCUT2D eigenvalue weighted by atomic mass is 10.2. The summed E-state index contributed by atoms with van der Waals surface area (Å²) >= 11 is 5.82. The Bertz CT molecular complexity index is 611. The van der Waals surface area contributed by atoms with Crippen LogP contribution >= 0.6 is 11.6 Å². The number of hydrogen-bond acceptors (Lipinski definition) is 2. The van der Waals surface area contributed by atoms with E-state index < -0.39 is 0 Å². The lowest BCUT2D eigenvalue weighted by Crippen LogP contribution is -1.83. The predicted molar refractivity (Wildman–Crippen MR) is 71.5 cm³/mol. The number of aliphatic imine (C=N–C) groups is 1. The molecule has 0 radical (unpaired) electrons. The van der Waals surface area contributed by atoms with Crippen LogP contribution in [0.1, 0.15) is 11.1 Å². The number of hydrogen-bond donors (Lipinski definition) is 1. The van der Waals surface area contributed by atoms with Crippen LogP contribution in [0.2, 0.25) is 5.02 Å². The molecule has 2 rings (SSSR count). The van der Waals surface area contributed by atoms with Crippen molar-refractivity contribution in [3.05, 3.63) is 58.4 Å². The maximum atomic E-state index is 13.1. The van der Waals surface area contributed by atoms with Gasteiger partial charge in [0.2, 0.25) is 0 Å². The molecule has 2 nitrogen and oxygen atoms in total. The highest BCUT2D eigenvalue weighted by molar-refractivity contribution is 6.30. The van der Waals surface area contributed by atoms with Gasteiger partial charge in [-0.1, -0.05) is 11.6 Å². The number of rotatable bonds is 2. The van der Waals surface area contributed by atoms with E-state index in [4.69, 9.17) is 11.6 Å². The quantitative estimate of drug-likeness (QED) is 0.808. The minimum atomic E-state index is -0.264. The Kier molecular flexibility index (Phi) is 3.63. The van der Waals surface area contributed by atoms with Gasteiger partial charge in [-0.05, 0) is 48.9 Å². The molecule has 0 spiro atoms. The number of halogens is 2. The molecule has 0 amide bonds. The fourth-order valence-electron chi connectivity index (χ4n) is 1.48. The molecule has 4 heteroatoms. The van der Waals surface area contributed by atoms with Crippen molar-refractivity contribution in [2.75, 3.05) is 0 Å². The van der Waals surface area contributed by atoms with E-state index in [2.05, 4.69) is 4.99 Å². The summed E-state index contributed by atoms with van der Waals surface area (Å²) in [6, 6.07) is 9.26. The highest BCUT2D eigenvalue weighted by atomic mass is 35.5. The van der Waals surface area contributed by atoms with E-state index in [-0.39, 0.29) is 11.6 Å². The maximum absolute atomic E-state index is 13.1. The predicted octanol–water partition coefficient (Wildman–Crippen LogP) is 4.24. The van der Waals surface area contributed by atoms with Gasteiger partial charge in [0, 0.05) is 16.8 Å². The Hall–Kier alpha value is -1.87. The molecule has 0 aliphatic rings. The van der Waals surface area contributed by atoms with Crippen LogP contribution in [0.15, 0.2) is 41.4 Å². The zero-order valence-corrected chi connectivity index (χ0v) is 10.4. The van der Waals surface area contributed by atoms with Gasteiger partial charge in [0.25, 0.3) is 0 Å². The number of aromatic hydroxyl groups is 1. The van der Waals surface area contributed by atoms with Crippen LogP contribution in [0.25, 0.3) is 0 Å². The van der Waals surface area contributed by atoms with E-state index in [0.29, 0.717) is 21.8 Å². The molecule has 0 aliphatic carbocycles. The van der Waals surface area contributed by atoms with Crippen LogP contribution in [-0.4, -0.2) is 11.3 Å². The second kappa shape index (κ2) is 5.19. The van der Waals surface area contributed by atoms with Crippen molar-refractivity contribution in [1.82, 2.24) is 0 Å². The van der Waals surface area contributed by atoms with E-state index in [9.17, 15) is 9.50 Å². The molecule has 0 bridgehead atoms. The summed E-state index contributed by atoms with van der Waals surface area (Å²) < 4.78 is 13.1. The topological polar surface area (TPSA) is 32.6 Å². The molecular weight excluding hydrogens is 253 g/mol. The lowest BCUT2D eigenvalue weighted by Gasteiger charge is -2.00. The van der Waals surface area contributed by atoms with Gasteiger partial charge in [0.15, 0.2) is 0 Å². The number of phenolic OH excluding ortho intramolecular Hbond substituents is 1. The van der Waals surface area contributed by atoms with E-state index in [1.54, 1.807) is 31.2 Å². The van der Waals surface area contributed by atoms with Crippen LogP contribution in [0.5, 0.6) is 5.75 Å². The summed E-state index contributed by atoms with van der Waals surface area (Å²) in [5.74, 6) is -0.165. The van der Waals surface area contributed by atoms with Gasteiger partial charge in [0.05, 0.1) is 5.69 Å². The largest absolute Gasteiger partial charge is 0.507 e. The van der Waals surface area contributed by atoms with Crippen molar-refractivity contribution in [3.63, 3.8) is 0 Å². The summed E-state index contributed by atoms with van der Waals surface area (Å²) in [7, 11) is 0. The summed E-state index contributed by atoms with van der Waals surface area (Å²) in [5, 5.41) is 10.1. The molecule has 0 atom stereocenters. The van der Waals surface area contributed by atoms with Crippen LogP contribution < -0.4 is 0 Å². The first-order valence-corrected chi connectivity index (χ1v) is 5.73. The molecule has 0 aliphatic heterocycles. The molecule has 0 unspecified atom stereocenters. The van der Waals surface area contributed by atoms with Gasteiger partial charge in [-0.25, -0.2) is 4.39 Å². The number of benzene rings is 2. The Morgan fingerprint density at radius 1 is 1.22 bits per heavy atom. The second-order valence-electron chi connectivity index (χ2n) is 3.89. The molecular formula is C14H11ClFNO. The van der Waals surface area contributed by atoms with Crippen molar-refractivity contribution >= 4 is 23.5 Å². The van der Waals surface area contributed by atoms with Gasteiger partial charge in [-0.3, -0.25) is 4.99 Å². The highest BCUT2D eigenvalue weighted by Crippen LogP contribution is 2.21. The molecule has 0 aromatic heterocycles. The SMILES string of the molecule is Cc1cc(N=Cc2cc(Cl)ccc2O)ccc1F. The zero-order valence-electron chi connectivity index (χ0n) is 9.69. The van der Waals surface area contributed by atoms with Gasteiger partial charge < -0.3 is 5.11 Å². The van der Waals surface area contributed by atoms with E-state index >= 15 is 0 Å². The first-order valence-electron chi connectivity index (χ1n) is 5.35. The van der Waals surface area contributed by atoms with Gasteiger partial charge in [0.1, 0.15) is 11.6 Å². The molecule has 0 heterocycles. The number of aryl methyl sites for hydroxylation is 1. The Balaban J connectivity index is 2.29. The minimum absolute atomic E-state index is 0.0991. The first kappa shape index (κ1) is 12.6. The average molecular weight is 264 g/mol. The number of nitrogens with zero attached hydrogens (tertiary/aromatic N) is 1. The molecule has 92 valence electrons. The van der Waals surface area contributed by atoms with Crippen LogP contribution in [-0.2, 0) is 0 Å². The van der Waals surface area contributed by atoms with E-state index in [1.165, 1.54) is 18.3 Å². The summed E-state index contributed by atoms with van der Waals surface area (Å²) in [6.07, 6.45) is 1.49. The number of phenols is 1. The van der Waals surface area contributed by atoms with Crippen LogP contribution in [0, 0.1) is 12.7 Å². The average Bonchev–Trinajstić information content (AvgIpc) is 2.34. The second-order valence-corrected chi connectivity index (χ2v) is 4.33. The van der Waals surface area contributed by atoms with Gasteiger partial charge >= 0.3 is 0 Å². The smallest absolute Gasteiger partial charge is 0.126 e. The van der Waals surface area contributed by atoms with Crippen LogP contribution in [0.3, 0.4) is 0 Å². The monoisotopic (exact) mass is 263 g/mol. The van der Waals surface area contributed by atoms with Crippen molar-refractivity contribution in [2.45, 2.75) is 6.92 Å². The molecule has 2 aromatic rings. The van der Waals surface area contributed by atoms with Crippen LogP contribution in [0.4, 0.5) is 10.1 Å². The third-order valence-corrected chi connectivity index (χ3v) is 2.72. The molecule has 0 saturated heterocycles. The van der Waals surface area contributed by atoms with Crippen molar-refractivity contribution < 1.29 is 9.50 Å². The van der Waals surface area contributed by atoms with E-state index in [0.717, 1.165) is 0 Å². The van der Waals surface area contributed by atoms with Crippen molar-refractivity contribution in [2.24, 2.45) is 4.99 Å². The fraction of sp³-hybridized carbons (Fsp3) is 0.0714. The zero-order chi connectivity index (χ0) is 13.1. The van der Waals surface area contributed by atoms with Crippen molar-refractivity contribution in [3.8, 4) is 5.75 Å². The first-order chi connectivity index (χ1) is 8.56. The summed E-state index contributed by atoms with van der Waals surface area (Å²) in [6.45, 7) is 1.67. The highest BCUT2D eigenvalue weighted by Gasteiger charge is 2.00. The van der Waals surface area contributed by atoms with Gasteiger partial charge in [-0.15, -0.1) is 0 Å².